The number of anilines is 2. The summed E-state index contributed by atoms with van der Waals surface area (Å²) >= 11 is 3.48. The number of rotatable bonds is 4. The van der Waals surface area contributed by atoms with Gasteiger partial charge in [-0.25, -0.2) is 4.98 Å². The van der Waals surface area contributed by atoms with Crippen molar-refractivity contribution < 1.29 is 9.59 Å². The van der Waals surface area contributed by atoms with Crippen molar-refractivity contribution in [3.05, 3.63) is 52.6 Å². The summed E-state index contributed by atoms with van der Waals surface area (Å²) in [5.41, 5.74) is 1.47. The van der Waals surface area contributed by atoms with E-state index in [4.69, 9.17) is 0 Å². The molecule has 2 aromatic rings. The van der Waals surface area contributed by atoms with Crippen molar-refractivity contribution in [2.75, 3.05) is 31.5 Å². The summed E-state index contributed by atoms with van der Waals surface area (Å²) in [5.74, 6) is 0.567. The Morgan fingerprint density at radius 3 is 2.62 bits per heavy atom. The summed E-state index contributed by atoms with van der Waals surface area (Å²) in [7, 11) is 0. The van der Waals surface area contributed by atoms with Crippen LogP contribution in [0.1, 0.15) is 10.4 Å². The summed E-state index contributed by atoms with van der Waals surface area (Å²) < 4.78 is 0.925. The van der Waals surface area contributed by atoms with E-state index in [9.17, 15) is 9.59 Å². The van der Waals surface area contributed by atoms with Crippen LogP contribution in [0.3, 0.4) is 0 Å². The first kappa shape index (κ1) is 16.4. The topological polar surface area (TPSA) is 65.5 Å². The molecule has 0 radical (unpaired) electrons. The summed E-state index contributed by atoms with van der Waals surface area (Å²) in [6.07, 6.45) is 2.45. The van der Waals surface area contributed by atoms with Gasteiger partial charge in [-0.15, -0.1) is 0 Å². The molecule has 1 aromatic heterocycles. The van der Waals surface area contributed by atoms with E-state index in [1.54, 1.807) is 28.1 Å². The molecule has 0 unspecified atom stereocenters. The van der Waals surface area contributed by atoms with Crippen molar-refractivity contribution in [2.45, 2.75) is 0 Å². The van der Waals surface area contributed by atoms with E-state index in [0.717, 1.165) is 16.6 Å². The van der Waals surface area contributed by atoms with E-state index in [1.165, 1.54) is 0 Å². The number of carbonyl (C=O) groups is 2. The molecule has 24 heavy (non-hydrogen) atoms. The zero-order valence-corrected chi connectivity index (χ0v) is 14.6. The standard InChI is InChI=1S/C17H17BrN4O2/c18-14-3-1-2-4-15(14)20-16-11-13(5-6-19-16)17(24)22-9-7-21(12-23)8-10-22/h1-6,11-12H,7-10H2,(H,19,20). The number of pyridine rings is 1. The van der Waals surface area contributed by atoms with Crippen LogP contribution in [0.25, 0.3) is 0 Å². The molecule has 2 heterocycles. The second-order valence-electron chi connectivity index (χ2n) is 5.47. The molecule has 2 amide bonds. The normalized spacial score (nSPS) is 14.4. The predicted molar refractivity (Wildman–Crippen MR) is 95.2 cm³/mol. The molecule has 1 aliphatic heterocycles. The summed E-state index contributed by atoms with van der Waals surface area (Å²) in [6, 6.07) is 11.2. The van der Waals surface area contributed by atoms with Gasteiger partial charge in [-0.3, -0.25) is 9.59 Å². The van der Waals surface area contributed by atoms with Crippen LogP contribution in [0.2, 0.25) is 0 Å². The third kappa shape index (κ3) is 3.73. The third-order valence-electron chi connectivity index (χ3n) is 3.89. The number of halogens is 1. The first-order valence-corrected chi connectivity index (χ1v) is 8.43. The first-order chi connectivity index (χ1) is 11.7. The molecule has 1 fully saturated rings. The van der Waals surface area contributed by atoms with Gasteiger partial charge in [-0.05, 0) is 40.2 Å². The molecule has 1 aromatic carbocycles. The number of aromatic nitrogens is 1. The van der Waals surface area contributed by atoms with E-state index in [1.807, 2.05) is 24.3 Å². The molecule has 0 atom stereocenters. The lowest BCUT2D eigenvalue weighted by Crippen LogP contribution is -2.48. The van der Waals surface area contributed by atoms with E-state index in [2.05, 4.69) is 26.2 Å². The maximum atomic E-state index is 12.6. The van der Waals surface area contributed by atoms with Gasteiger partial charge in [0.2, 0.25) is 6.41 Å². The van der Waals surface area contributed by atoms with E-state index in [0.29, 0.717) is 37.6 Å². The van der Waals surface area contributed by atoms with Gasteiger partial charge in [0.05, 0.1) is 5.69 Å². The molecule has 0 bridgehead atoms. The van der Waals surface area contributed by atoms with E-state index < -0.39 is 0 Å². The average molecular weight is 389 g/mol. The number of benzene rings is 1. The molecule has 1 N–H and O–H groups in total. The van der Waals surface area contributed by atoms with Gasteiger partial charge >= 0.3 is 0 Å². The van der Waals surface area contributed by atoms with Crippen molar-refractivity contribution >= 4 is 39.8 Å². The number of nitrogens with one attached hydrogen (secondary N) is 1. The van der Waals surface area contributed by atoms with Gasteiger partial charge in [-0.2, -0.15) is 0 Å². The highest BCUT2D eigenvalue weighted by Gasteiger charge is 2.21. The molecule has 124 valence electrons. The summed E-state index contributed by atoms with van der Waals surface area (Å²) in [6.45, 7) is 2.24. The summed E-state index contributed by atoms with van der Waals surface area (Å²) in [5, 5.41) is 3.20. The van der Waals surface area contributed by atoms with Crippen molar-refractivity contribution in [3.63, 3.8) is 0 Å². The maximum absolute atomic E-state index is 12.6. The van der Waals surface area contributed by atoms with Crippen LogP contribution in [-0.2, 0) is 4.79 Å². The molecule has 1 saturated heterocycles. The molecule has 0 saturated carbocycles. The van der Waals surface area contributed by atoms with Gasteiger partial charge < -0.3 is 15.1 Å². The lowest BCUT2D eigenvalue weighted by atomic mass is 10.2. The SMILES string of the molecule is O=CN1CCN(C(=O)c2ccnc(Nc3ccccc3Br)c2)CC1. The number of hydrogen-bond donors (Lipinski definition) is 1. The number of amides is 2. The minimum absolute atomic E-state index is 0.0434. The molecule has 0 aliphatic carbocycles. The number of para-hydroxylation sites is 1. The third-order valence-corrected chi connectivity index (χ3v) is 4.59. The van der Waals surface area contributed by atoms with Gasteiger partial charge in [0.1, 0.15) is 5.82 Å². The van der Waals surface area contributed by atoms with Crippen molar-refractivity contribution in [1.29, 1.82) is 0 Å². The predicted octanol–water partition coefficient (Wildman–Crippen LogP) is 2.50. The van der Waals surface area contributed by atoms with Gasteiger partial charge in [0, 0.05) is 42.4 Å². The quantitative estimate of drug-likeness (QED) is 0.817. The monoisotopic (exact) mass is 388 g/mol. The molecule has 7 heteroatoms. The highest BCUT2D eigenvalue weighted by molar-refractivity contribution is 9.10. The lowest BCUT2D eigenvalue weighted by Gasteiger charge is -2.32. The second-order valence-corrected chi connectivity index (χ2v) is 6.32. The summed E-state index contributed by atoms with van der Waals surface area (Å²) in [4.78, 5) is 31.1. The maximum Gasteiger partial charge on any atom is 0.254 e. The Labute approximate surface area is 148 Å². The van der Waals surface area contributed by atoms with Crippen LogP contribution in [0, 0.1) is 0 Å². The zero-order chi connectivity index (χ0) is 16.9. The van der Waals surface area contributed by atoms with Crippen LogP contribution in [0.4, 0.5) is 11.5 Å². The van der Waals surface area contributed by atoms with Crippen molar-refractivity contribution in [2.24, 2.45) is 0 Å². The minimum atomic E-state index is -0.0434. The second kappa shape index (κ2) is 7.44. The largest absolute Gasteiger partial charge is 0.342 e. The molecular weight excluding hydrogens is 372 g/mol. The number of piperazine rings is 1. The fraction of sp³-hybridized carbons (Fsp3) is 0.235. The Balaban J connectivity index is 1.72. The Hall–Kier alpha value is -2.41. The molecule has 3 rings (SSSR count). The van der Waals surface area contributed by atoms with E-state index in [-0.39, 0.29) is 5.91 Å². The minimum Gasteiger partial charge on any atom is -0.342 e. The zero-order valence-electron chi connectivity index (χ0n) is 13.0. The van der Waals surface area contributed by atoms with Gasteiger partial charge in [0.15, 0.2) is 0 Å². The van der Waals surface area contributed by atoms with Crippen molar-refractivity contribution in [3.8, 4) is 0 Å². The fourth-order valence-electron chi connectivity index (χ4n) is 2.55. The smallest absolute Gasteiger partial charge is 0.254 e. The van der Waals surface area contributed by atoms with Crippen LogP contribution in [0.15, 0.2) is 47.1 Å². The Morgan fingerprint density at radius 1 is 1.17 bits per heavy atom. The molecular formula is C17H17BrN4O2. The highest BCUT2D eigenvalue weighted by atomic mass is 79.9. The fourth-order valence-corrected chi connectivity index (χ4v) is 2.93. The van der Waals surface area contributed by atoms with Gasteiger partial charge in [-0.1, -0.05) is 12.1 Å². The number of hydrogen-bond acceptors (Lipinski definition) is 4. The van der Waals surface area contributed by atoms with Crippen molar-refractivity contribution in [1.82, 2.24) is 14.8 Å². The Kier molecular flexibility index (Phi) is 5.10. The lowest BCUT2D eigenvalue weighted by molar-refractivity contribution is -0.119. The Morgan fingerprint density at radius 2 is 1.92 bits per heavy atom. The van der Waals surface area contributed by atoms with Crippen LogP contribution in [-0.4, -0.2) is 53.3 Å². The molecule has 6 nitrogen and oxygen atoms in total. The molecule has 0 spiro atoms. The van der Waals surface area contributed by atoms with Gasteiger partial charge in [0.25, 0.3) is 5.91 Å². The first-order valence-electron chi connectivity index (χ1n) is 7.63. The highest BCUT2D eigenvalue weighted by Crippen LogP contribution is 2.24. The van der Waals surface area contributed by atoms with Crippen LogP contribution in [0.5, 0.6) is 0 Å². The van der Waals surface area contributed by atoms with E-state index >= 15 is 0 Å². The average Bonchev–Trinajstić information content (AvgIpc) is 2.63. The van der Waals surface area contributed by atoms with Crippen LogP contribution >= 0.6 is 15.9 Å². The van der Waals surface area contributed by atoms with Crippen LogP contribution < -0.4 is 5.32 Å². The molecule has 1 aliphatic rings. The Bertz CT molecular complexity index is 745. The number of carbonyl (C=O) groups excluding carboxylic acids is 2. The number of nitrogens with zero attached hydrogens (tertiary/aromatic N) is 3.